The van der Waals surface area contributed by atoms with Crippen molar-refractivity contribution in [2.45, 2.75) is 25.4 Å². The van der Waals surface area contributed by atoms with E-state index in [0.717, 1.165) is 12.8 Å². The monoisotopic (exact) mass is 289 g/mol. The Hall–Kier alpha value is -1.90. The van der Waals surface area contributed by atoms with Crippen LogP contribution in [0, 0.1) is 17.7 Å². The molecule has 0 unspecified atom stereocenters. The van der Waals surface area contributed by atoms with Gasteiger partial charge in [-0.3, -0.25) is 9.69 Å². The van der Waals surface area contributed by atoms with Gasteiger partial charge in [0.05, 0.1) is 13.1 Å². The summed E-state index contributed by atoms with van der Waals surface area (Å²) in [5.74, 6) is 5.16. The Kier molecular flexibility index (Phi) is 5.32. The minimum atomic E-state index is -0.312. The van der Waals surface area contributed by atoms with Gasteiger partial charge in [0.2, 0.25) is 5.91 Å². The zero-order valence-electron chi connectivity index (χ0n) is 12.2. The molecule has 0 bridgehead atoms. The molecule has 21 heavy (non-hydrogen) atoms. The molecule has 0 atom stereocenters. The minimum absolute atomic E-state index is 0.00848. The quantitative estimate of drug-likeness (QED) is 0.790. The van der Waals surface area contributed by atoms with Crippen molar-refractivity contribution < 1.29 is 9.18 Å². The second-order valence-corrected chi connectivity index (χ2v) is 5.33. The van der Waals surface area contributed by atoms with E-state index in [1.807, 2.05) is 0 Å². The Bertz CT molecular complexity index is 573. The van der Waals surface area contributed by atoms with E-state index in [0.29, 0.717) is 23.7 Å². The van der Waals surface area contributed by atoms with E-state index in [1.54, 1.807) is 24.1 Å². The van der Waals surface area contributed by atoms with Crippen LogP contribution >= 0.6 is 0 Å². The van der Waals surface area contributed by atoms with Crippen molar-refractivity contribution >= 4 is 5.91 Å². The van der Waals surface area contributed by atoms with Crippen molar-refractivity contribution in [3.05, 3.63) is 35.1 Å². The summed E-state index contributed by atoms with van der Waals surface area (Å²) in [6.45, 7) is 0.904. The van der Waals surface area contributed by atoms with Crippen LogP contribution in [-0.2, 0) is 11.3 Å². The smallest absolute Gasteiger partial charge is 0.234 e. The first-order valence-electron chi connectivity index (χ1n) is 7.03. The third kappa shape index (κ3) is 5.18. The van der Waals surface area contributed by atoms with Crippen LogP contribution in [0.3, 0.4) is 0 Å². The Morgan fingerprint density at radius 1 is 1.52 bits per heavy atom. The molecule has 1 aromatic carbocycles. The summed E-state index contributed by atoms with van der Waals surface area (Å²) in [4.78, 5) is 13.5. The lowest BCUT2D eigenvalue weighted by molar-refractivity contribution is -0.122. The number of nitrogens with zero attached hydrogens (tertiary/aromatic N) is 1. The Morgan fingerprint density at radius 2 is 2.29 bits per heavy atom. The number of carbonyl (C=O) groups is 1. The maximum absolute atomic E-state index is 14.0. The number of amides is 1. The molecule has 1 amide bonds. The highest BCUT2D eigenvalue weighted by Gasteiger charge is 2.23. The maximum atomic E-state index is 14.0. The van der Waals surface area contributed by atoms with E-state index >= 15 is 0 Å². The normalized spacial score (nSPS) is 13.7. The number of hydrogen-bond donors (Lipinski definition) is 2. The van der Waals surface area contributed by atoms with E-state index in [2.05, 4.69) is 17.2 Å². The fraction of sp³-hybridized carbons (Fsp3) is 0.438. The molecule has 4 nitrogen and oxygen atoms in total. The molecule has 112 valence electrons. The lowest BCUT2D eigenvalue weighted by Crippen LogP contribution is -2.36. The summed E-state index contributed by atoms with van der Waals surface area (Å²) in [5, 5.41) is 2.91. The van der Waals surface area contributed by atoms with Gasteiger partial charge < -0.3 is 11.1 Å². The van der Waals surface area contributed by atoms with E-state index < -0.39 is 0 Å². The molecule has 0 heterocycles. The fourth-order valence-corrected chi connectivity index (χ4v) is 2.00. The number of carbonyl (C=O) groups excluding carboxylic acids is 1. The summed E-state index contributed by atoms with van der Waals surface area (Å²) in [5.41, 5.74) is 6.44. The van der Waals surface area contributed by atoms with Crippen molar-refractivity contribution in [2.24, 2.45) is 5.73 Å². The number of halogens is 1. The predicted molar refractivity (Wildman–Crippen MR) is 79.8 cm³/mol. The highest BCUT2D eigenvalue weighted by molar-refractivity contribution is 5.78. The first kappa shape index (κ1) is 15.5. The lowest BCUT2D eigenvalue weighted by atomic mass is 10.1. The molecule has 0 aromatic heterocycles. The van der Waals surface area contributed by atoms with Gasteiger partial charge in [-0.1, -0.05) is 17.9 Å². The predicted octanol–water partition coefficient (Wildman–Crippen LogP) is 0.846. The Labute approximate surface area is 124 Å². The van der Waals surface area contributed by atoms with Gasteiger partial charge >= 0.3 is 0 Å². The average Bonchev–Trinajstić information content (AvgIpc) is 3.22. The lowest BCUT2D eigenvalue weighted by Gasteiger charge is -2.16. The number of likely N-dealkylation sites (N-methyl/N-ethyl adjacent to an activating group) is 1. The topological polar surface area (TPSA) is 58.4 Å². The molecule has 3 N–H and O–H groups in total. The zero-order chi connectivity index (χ0) is 15.2. The third-order valence-corrected chi connectivity index (χ3v) is 3.18. The summed E-state index contributed by atoms with van der Waals surface area (Å²) in [7, 11) is 1.80. The highest BCUT2D eigenvalue weighted by atomic mass is 19.1. The van der Waals surface area contributed by atoms with Crippen LogP contribution in [0.2, 0.25) is 0 Å². The van der Waals surface area contributed by atoms with Crippen LogP contribution in [0.25, 0.3) is 0 Å². The van der Waals surface area contributed by atoms with Crippen molar-refractivity contribution in [2.75, 3.05) is 20.1 Å². The Morgan fingerprint density at radius 3 is 2.90 bits per heavy atom. The third-order valence-electron chi connectivity index (χ3n) is 3.18. The zero-order valence-corrected chi connectivity index (χ0v) is 12.2. The summed E-state index contributed by atoms with van der Waals surface area (Å²) in [6.07, 6.45) is 2.13. The van der Waals surface area contributed by atoms with Crippen LogP contribution < -0.4 is 11.1 Å². The van der Waals surface area contributed by atoms with Gasteiger partial charge in [-0.05, 0) is 32.0 Å². The highest BCUT2D eigenvalue weighted by Crippen LogP contribution is 2.18. The van der Waals surface area contributed by atoms with Gasteiger partial charge in [0.25, 0.3) is 0 Å². The van der Waals surface area contributed by atoms with Gasteiger partial charge in [0.15, 0.2) is 0 Å². The molecule has 0 saturated heterocycles. The van der Waals surface area contributed by atoms with Crippen LogP contribution in [0.15, 0.2) is 18.2 Å². The number of nitrogens with two attached hydrogens (primary N) is 1. The minimum Gasteiger partial charge on any atom is -0.352 e. The largest absolute Gasteiger partial charge is 0.352 e. The summed E-state index contributed by atoms with van der Waals surface area (Å²) < 4.78 is 14.0. The van der Waals surface area contributed by atoms with Crippen LogP contribution in [0.4, 0.5) is 4.39 Å². The number of rotatable bonds is 5. The van der Waals surface area contributed by atoms with E-state index in [1.165, 1.54) is 6.07 Å². The van der Waals surface area contributed by atoms with Crippen LogP contribution in [0.1, 0.15) is 24.0 Å². The maximum Gasteiger partial charge on any atom is 0.234 e. The SMILES string of the molecule is CN(CC(=O)NC1CC1)Cc1ccc(C#CCN)cc1F. The van der Waals surface area contributed by atoms with Gasteiger partial charge in [0.1, 0.15) is 5.82 Å². The van der Waals surface area contributed by atoms with Gasteiger partial charge in [0, 0.05) is 23.7 Å². The first-order valence-corrected chi connectivity index (χ1v) is 7.03. The first-order chi connectivity index (χ1) is 10.1. The molecule has 2 rings (SSSR count). The van der Waals surface area contributed by atoms with Crippen molar-refractivity contribution in [3.8, 4) is 11.8 Å². The Balaban J connectivity index is 1.90. The van der Waals surface area contributed by atoms with E-state index in [9.17, 15) is 9.18 Å². The molecule has 0 spiro atoms. The molecule has 1 aliphatic carbocycles. The molecule has 0 radical (unpaired) electrons. The van der Waals surface area contributed by atoms with E-state index in [-0.39, 0.29) is 24.8 Å². The molecule has 1 saturated carbocycles. The van der Waals surface area contributed by atoms with Gasteiger partial charge in [-0.2, -0.15) is 0 Å². The molecule has 1 aliphatic rings. The summed E-state index contributed by atoms with van der Waals surface area (Å²) >= 11 is 0. The van der Waals surface area contributed by atoms with Gasteiger partial charge in [-0.25, -0.2) is 4.39 Å². The molecular formula is C16H20FN3O. The number of nitrogens with one attached hydrogen (secondary N) is 1. The van der Waals surface area contributed by atoms with Crippen molar-refractivity contribution in [1.82, 2.24) is 10.2 Å². The molecular weight excluding hydrogens is 269 g/mol. The fourth-order valence-electron chi connectivity index (χ4n) is 2.00. The van der Waals surface area contributed by atoms with Gasteiger partial charge in [-0.15, -0.1) is 0 Å². The molecule has 1 aromatic rings. The van der Waals surface area contributed by atoms with Crippen molar-refractivity contribution in [3.63, 3.8) is 0 Å². The van der Waals surface area contributed by atoms with Crippen LogP contribution in [-0.4, -0.2) is 37.0 Å². The average molecular weight is 289 g/mol. The standard InChI is InChI=1S/C16H20FN3O/c1-20(11-16(21)19-14-6-7-14)10-13-5-4-12(3-2-8-18)9-15(13)17/h4-5,9,14H,6-8,10-11,18H2,1H3,(H,19,21). The van der Waals surface area contributed by atoms with E-state index in [4.69, 9.17) is 5.73 Å². The van der Waals surface area contributed by atoms with Crippen molar-refractivity contribution in [1.29, 1.82) is 0 Å². The molecule has 0 aliphatic heterocycles. The molecule has 5 heteroatoms. The number of benzene rings is 1. The summed E-state index contributed by atoms with van der Waals surface area (Å²) in [6, 6.07) is 5.21. The second kappa shape index (κ2) is 7.21. The number of hydrogen-bond acceptors (Lipinski definition) is 3. The van der Waals surface area contributed by atoms with Crippen LogP contribution in [0.5, 0.6) is 0 Å². The second-order valence-electron chi connectivity index (χ2n) is 5.33. The molecule has 1 fully saturated rings.